The van der Waals surface area contributed by atoms with Gasteiger partial charge in [-0.05, 0) is 83.5 Å². The molecule has 0 spiro atoms. The molecule has 58 heavy (non-hydrogen) atoms. The van der Waals surface area contributed by atoms with Gasteiger partial charge in [-0.15, -0.1) is 0 Å². The van der Waals surface area contributed by atoms with Gasteiger partial charge in [0.2, 0.25) is 0 Å². The van der Waals surface area contributed by atoms with Gasteiger partial charge in [-0.1, -0.05) is 191 Å². The fraction of sp³-hybridized carbons (Fsp3) is 0.750. The van der Waals surface area contributed by atoms with Gasteiger partial charge in [0, 0.05) is 12.8 Å². The number of hydrogen-bond acceptors (Lipinski definition) is 6. The van der Waals surface area contributed by atoms with E-state index < -0.39 is 12.1 Å². The molecule has 0 bridgehead atoms. The predicted octanol–water partition coefficient (Wildman–Crippen LogP) is 15.7. The molecular weight excluding hydrogens is 721 g/mol. The minimum atomic E-state index is -0.818. The van der Waals surface area contributed by atoms with Gasteiger partial charge in [-0.2, -0.15) is 0 Å². The van der Waals surface area contributed by atoms with E-state index in [4.69, 9.17) is 14.2 Å². The summed E-state index contributed by atoms with van der Waals surface area (Å²) < 4.78 is 16.6. The van der Waals surface area contributed by atoms with E-state index >= 15 is 0 Å². The molecule has 0 aliphatic heterocycles. The summed E-state index contributed by atoms with van der Waals surface area (Å²) >= 11 is 0. The third kappa shape index (κ3) is 44.2. The second kappa shape index (κ2) is 46.8. The number of hydrogen-bond donors (Lipinski definition) is 0. The first kappa shape index (κ1) is 55.1. The van der Waals surface area contributed by atoms with E-state index in [0.29, 0.717) is 12.8 Å². The third-order valence-electron chi connectivity index (χ3n) is 10.3. The number of carbonyl (C=O) groups excluding carboxylic acids is 3. The maximum Gasteiger partial charge on any atom is 0.309 e. The lowest BCUT2D eigenvalue weighted by molar-refractivity contribution is -0.166. The monoisotopic (exact) mass is 811 g/mol. The van der Waals surface area contributed by atoms with Crippen LogP contribution in [0.3, 0.4) is 0 Å². The molecule has 0 aliphatic carbocycles. The van der Waals surface area contributed by atoms with Gasteiger partial charge >= 0.3 is 17.9 Å². The van der Waals surface area contributed by atoms with Crippen LogP contribution < -0.4 is 0 Å². The lowest BCUT2D eigenvalue weighted by atomic mass is 10.1. The number of rotatable bonds is 43. The highest BCUT2D eigenvalue weighted by atomic mass is 16.6. The fourth-order valence-electron chi connectivity index (χ4n) is 6.61. The van der Waals surface area contributed by atoms with Crippen LogP contribution in [0.4, 0.5) is 0 Å². The number of allylic oxidation sites excluding steroid dienone is 9. The third-order valence-corrected chi connectivity index (χ3v) is 10.3. The SMILES string of the molecule is CC/C=C\C/C=C\C/C=C\CC(=O)OCC(COC(=O)CCCCCCC/C=C\CCCCCCCCCCC)OC(=O)CCCCC/C=C\CCCCCCCC. The molecule has 0 fully saturated rings. The molecule has 0 N–H and O–H groups in total. The summed E-state index contributed by atoms with van der Waals surface area (Å²) in [7, 11) is 0. The first-order valence-electron chi connectivity index (χ1n) is 24.3. The number of esters is 3. The van der Waals surface area contributed by atoms with Crippen LogP contribution in [0.2, 0.25) is 0 Å². The Morgan fingerprint density at radius 2 is 0.741 bits per heavy atom. The first-order chi connectivity index (χ1) is 28.5. The van der Waals surface area contributed by atoms with Crippen LogP contribution in [-0.2, 0) is 28.6 Å². The summed E-state index contributed by atoms with van der Waals surface area (Å²) in [5, 5.41) is 0. The van der Waals surface area contributed by atoms with E-state index in [1.54, 1.807) is 6.08 Å². The molecule has 0 rings (SSSR count). The maximum atomic E-state index is 12.7. The normalized spacial score (nSPS) is 12.5. The Morgan fingerprint density at radius 3 is 1.21 bits per heavy atom. The van der Waals surface area contributed by atoms with Gasteiger partial charge in [0.1, 0.15) is 13.2 Å². The zero-order chi connectivity index (χ0) is 42.3. The topological polar surface area (TPSA) is 78.9 Å². The molecule has 6 heteroatoms. The summed E-state index contributed by atoms with van der Waals surface area (Å²) in [6, 6.07) is 0. The van der Waals surface area contributed by atoms with E-state index in [0.717, 1.165) is 77.0 Å². The van der Waals surface area contributed by atoms with Crippen molar-refractivity contribution < 1.29 is 28.6 Å². The van der Waals surface area contributed by atoms with Gasteiger partial charge in [-0.3, -0.25) is 14.4 Å². The van der Waals surface area contributed by atoms with Crippen LogP contribution in [0.1, 0.15) is 233 Å². The Morgan fingerprint density at radius 1 is 0.379 bits per heavy atom. The zero-order valence-corrected chi connectivity index (χ0v) is 38.0. The van der Waals surface area contributed by atoms with Crippen molar-refractivity contribution >= 4 is 17.9 Å². The zero-order valence-electron chi connectivity index (χ0n) is 38.0. The Hall–Kier alpha value is -2.89. The van der Waals surface area contributed by atoms with Crippen molar-refractivity contribution in [1.29, 1.82) is 0 Å². The second-order valence-electron chi connectivity index (χ2n) is 16.0. The van der Waals surface area contributed by atoms with Crippen molar-refractivity contribution in [2.24, 2.45) is 0 Å². The lowest BCUT2D eigenvalue weighted by Crippen LogP contribution is -2.30. The standard InChI is InChI=1S/C52H90O6/c1-4-7-10-13-16-19-21-23-24-25-26-27-29-30-33-36-39-42-45-51(54)57-48-49(47-56-50(53)44-41-38-35-32-18-15-12-9-6-3)58-52(55)46-43-40-37-34-31-28-22-20-17-14-11-8-5-2/h9,12,18,26-28,31-32,38,41,49H,4-8,10-11,13-17,19-25,29-30,33-37,39-40,42-48H2,1-3H3/b12-9-,27-26-,31-28-,32-18-,41-38-. The minimum absolute atomic E-state index is 0.111. The Kier molecular flexibility index (Phi) is 44.5. The fourth-order valence-corrected chi connectivity index (χ4v) is 6.61. The van der Waals surface area contributed by atoms with E-state index in [9.17, 15) is 14.4 Å². The molecule has 334 valence electrons. The van der Waals surface area contributed by atoms with Crippen molar-refractivity contribution in [2.75, 3.05) is 13.2 Å². The Labute approximate surface area is 358 Å². The molecule has 0 aromatic heterocycles. The average molecular weight is 811 g/mol. The van der Waals surface area contributed by atoms with Crippen LogP contribution in [0.5, 0.6) is 0 Å². The summed E-state index contributed by atoms with van der Waals surface area (Å²) in [6.07, 6.45) is 56.7. The maximum absolute atomic E-state index is 12.7. The average Bonchev–Trinajstić information content (AvgIpc) is 3.22. The molecule has 6 nitrogen and oxygen atoms in total. The van der Waals surface area contributed by atoms with Crippen LogP contribution in [0, 0.1) is 0 Å². The van der Waals surface area contributed by atoms with Crippen LogP contribution in [-0.4, -0.2) is 37.2 Å². The van der Waals surface area contributed by atoms with Gasteiger partial charge in [0.05, 0.1) is 6.42 Å². The van der Waals surface area contributed by atoms with Gasteiger partial charge in [0.15, 0.2) is 6.10 Å². The summed E-state index contributed by atoms with van der Waals surface area (Å²) in [5.74, 6) is -1.07. The largest absolute Gasteiger partial charge is 0.462 e. The molecule has 0 radical (unpaired) electrons. The van der Waals surface area contributed by atoms with E-state index in [1.807, 2.05) is 6.08 Å². The van der Waals surface area contributed by atoms with Crippen molar-refractivity contribution in [2.45, 2.75) is 239 Å². The highest BCUT2D eigenvalue weighted by molar-refractivity contribution is 5.72. The summed E-state index contributed by atoms with van der Waals surface area (Å²) in [4.78, 5) is 37.7. The molecule has 0 aliphatic rings. The molecule has 1 unspecified atom stereocenters. The number of ether oxygens (including phenoxy) is 3. The van der Waals surface area contributed by atoms with Gasteiger partial charge < -0.3 is 14.2 Å². The lowest BCUT2D eigenvalue weighted by Gasteiger charge is -2.18. The highest BCUT2D eigenvalue weighted by Crippen LogP contribution is 2.13. The quantitative estimate of drug-likeness (QED) is 0.0264. The molecule has 1 atom stereocenters. The molecule has 0 saturated heterocycles. The number of unbranched alkanes of at least 4 members (excludes halogenated alkanes) is 23. The highest BCUT2D eigenvalue weighted by Gasteiger charge is 2.19. The Bertz CT molecular complexity index is 1070. The predicted molar refractivity (Wildman–Crippen MR) is 247 cm³/mol. The van der Waals surface area contributed by atoms with Gasteiger partial charge in [0.25, 0.3) is 0 Å². The van der Waals surface area contributed by atoms with E-state index in [2.05, 4.69) is 69.4 Å². The molecular formula is C52H90O6. The summed E-state index contributed by atoms with van der Waals surface area (Å²) in [5.41, 5.74) is 0. The molecule has 0 saturated carbocycles. The van der Waals surface area contributed by atoms with E-state index in [1.165, 1.54) is 116 Å². The second-order valence-corrected chi connectivity index (χ2v) is 16.0. The van der Waals surface area contributed by atoms with E-state index in [-0.39, 0.29) is 31.6 Å². The minimum Gasteiger partial charge on any atom is -0.462 e. The van der Waals surface area contributed by atoms with Crippen molar-refractivity contribution in [3.8, 4) is 0 Å². The number of carbonyl (C=O) groups is 3. The van der Waals surface area contributed by atoms with Crippen molar-refractivity contribution in [3.05, 3.63) is 60.8 Å². The molecule has 0 heterocycles. The van der Waals surface area contributed by atoms with Crippen molar-refractivity contribution in [1.82, 2.24) is 0 Å². The molecule has 0 amide bonds. The van der Waals surface area contributed by atoms with Crippen LogP contribution in [0.25, 0.3) is 0 Å². The first-order valence-corrected chi connectivity index (χ1v) is 24.3. The summed E-state index contributed by atoms with van der Waals surface area (Å²) in [6.45, 7) is 6.39. The Balaban J connectivity index is 4.39. The van der Waals surface area contributed by atoms with Crippen LogP contribution >= 0.6 is 0 Å². The van der Waals surface area contributed by atoms with Crippen molar-refractivity contribution in [3.63, 3.8) is 0 Å². The molecule has 0 aromatic carbocycles. The van der Waals surface area contributed by atoms with Gasteiger partial charge in [-0.25, -0.2) is 0 Å². The van der Waals surface area contributed by atoms with Crippen LogP contribution in [0.15, 0.2) is 60.8 Å². The smallest absolute Gasteiger partial charge is 0.309 e. The molecule has 0 aromatic rings.